The number of furan rings is 1. The van der Waals surface area contributed by atoms with Crippen molar-refractivity contribution in [2.24, 2.45) is 0 Å². The maximum absolute atomic E-state index is 12.7. The van der Waals surface area contributed by atoms with E-state index in [0.717, 1.165) is 18.4 Å². The number of rotatable bonds is 7. The van der Waals surface area contributed by atoms with Gasteiger partial charge in [-0.25, -0.2) is 0 Å². The van der Waals surface area contributed by atoms with E-state index in [-0.39, 0.29) is 36.6 Å². The van der Waals surface area contributed by atoms with E-state index in [1.807, 2.05) is 23.1 Å². The minimum atomic E-state index is -0.317. The van der Waals surface area contributed by atoms with Crippen molar-refractivity contribution in [2.75, 3.05) is 27.3 Å². The molecule has 1 unspecified atom stereocenters. The fourth-order valence-electron chi connectivity index (χ4n) is 3.40. The van der Waals surface area contributed by atoms with E-state index in [9.17, 15) is 9.59 Å². The maximum atomic E-state index is 12.7. The molecule has 0 aliphatic carbocycles. The molecule has 2 heterocycles. The highest BCUT2D eigenvalue weighted by atomic mass is 16.5. The molecule has 1 fully saturated rings. The molecule has 0 bridgehead atoms. The molecular weight excluding hydrogens is 348 g/mol. The Bertz CT molecular complexity index is 788. The van der Waals surface area contributed by atoms with Crippen LogP contribution in [-0.4, -0.2) is 44.0 Å². The van der Waals surface area contributed by atoms with Gasteiger partial charge in [-0.1, -0.05) is 0 Å². The van der Waals surface area contributed by atoms with Gasteiger partial charge in [-0.3, -0.25) is 9.59 Å². The Morgan fingerprint density at radius 1 is 1.26 bits per heavy atom. The normalized spacial score (nSPS) is 16.2. The second-order valence-corrected chi connectivity index (χ2v) is 6.34. The van der Waals surface area contributed by atoms with Gasteiger partial charge in [0, 0.05) is 31.1 Å². The van der Waals surface area contributed by atoms with E-state index < -0.39 is 0 Å². The van der Waals surface area contributed by atoms with Crippen LogP contribution in [-0.2, 0) is 4.79 Å². The first-order chi connectivity index (χ1) is 13.1. The van der Waals surface area contributed by atoms with E-state index in [2.05, 4.69) is 5.32 Å². The SMILES string of the molecule is COc1ccc(C2CCCN2C(=O)CCNC(=O)c2ccco2)c(OC)c1. The molecule has 2 amide bonds. The van der Waals surface area contributed by atoms with Crippen molar-refractivity contribution in [2.45, 2.75) is 25.3 Å². The van der Waals surface area contributed by atoms with Crippen LogP contribution >= 0.6 is 0 Å². The topological polar surface area (TPSA) is 81.0 Å². The number of nitrogens with one attached hydrogen (secondary N) is 1. The van der Waals surface area contributed by atoms with Crippen molar-refractivity contribution in [1.29, 1.82) is 0 Å². The first kappa shape index (κ1) is 18.8. The molecule has 3 rings (SSSR count). The fourth-order valence-corrected chi connectivity index (χ4v) is 3.40. The highest BCUT2D eigenvalue weighted by Gasteiger charge is 2.31. The molecule has 0 saturated carbocycles. The van der Waals surface area contributed by atoms with Gasteiger partial charge in [-0.2, -0.15) is 0 Å². The summed E-state index contributed by atoms with van der Waals surface area (Å²) >= 11 is 0. The highest BCUT2D eigenvalue weighted by molar-refractivity contribution is 5.91. The number of benzene rings is 1. The standard InChI is InChI=1S/C20H24N2O5/c1-25-14-7-8-15(18(13-14)26-2)16-5-3-11-22(16)19(23)9-10-21-20(24)17-6-4-12-27-17/h4,6-8,12-13,16H,3,5,9-11H2,1-2H3,(H,21,24). The molecule has 1 saturated heterocycles. The van der Waals surface area contributed by atoms with Crippen LogP contribution in [0.5, 0.6) is 11.5 Å². The van der Waals surface area contributed by atoms with E-state index in [4.69, 9.17) is 13.9 Å². The molecule has 0 radical (unpaired) electrons. The number of likely N-dealkylation sites (tertiary alicyclic amines) is 1. The van der Waals surface area contributed by atoms with Crippen molar-refractivity contribution >= 4 is 11.8 Å². The number of nitrogens with zero attached hydrogens (tertiary/aromatic N) is 1. The summed E-state index contributed by atoms with van der Waals surface area (Å²) in [5.41, 5.74) is 0.976. The van der Waals surface area contributed by atoms with E-state index >= 15 is 0 Å². The van der Waals surface area contributed by atoms with Crippen LogP contribution < -0.4 is 14.8 Å². The van der Waals surface area contributed by atoms with Gasteiger partial charge >= 0.3 is 0 Å². The van der Waals surface area contributed by atoms with E-state index in [1.54, 1.807) is 26.4 Å². The quantitative estimate of drug-likeness (QED) is 0.808. The molecule has 1 aromatic heterocycles. The lowest BCUT2D eigenvalue weighted by molar-refractivity contribution is -0.132. The lowest BCUT2D eigenvalue weighted by atomic mass is 10.0. The molecule has 1 aliphatic heterocycles. The molecule has 7 heteroatoms. The van der Waals surface area contributed by atoms with Crippen molar-refractivity contribution in [3.8, 4) is 11.5 Å². The lowest BCUT2D eigenvalue weighted by Gasteiger charge is -2.26. The Labute approximate surface area is 158 Å². The molecule has 1 aliphatic rings. The minimum absolute atomic E-state index is 0.00937. The van der Waals surface area contributed by atoms with Gasteiger partial charge in [-0.05, 0) is 37.1 Å². The number of methoxy groups -OCH3 is 2. The number of amides is 2. The van der Waals surface area contributed by atoms with E-state index in [1.165, 1.54) is 6.26 Å². The Kier molecular flexibility index (Phi) is 6.01. The predicted molar refractivity (Wildman–Crippen MR) is 98.9 cm³/mol. The molecule has 27 heavy (non-hydrogen) atoms. The van der Waals surface area contributed by atoms with Gasteiger partial charge in [-0.15, -0.1) is 0 Å². The van der Waals surface area contributed by atoms with Crippen LogP contribution in [0.2, 0.25) is 0 Å². The van der Waals surface area contributed by atoms with Crippen molar-refractivity contribution in [1.82, 2.24) is 10.2 Å². The predicted octanol–water partition coefficient (Wildman–Crippen LogP) is 2.78. The summed E-state index contributed by atoms with van der Waals surface area (Å²) in [5, 5.41) is 2.71. The van der Waals surface area contributed by atoms with Crippen LogP contribution in [0.1, 0.15) is 41.4 Å². The first-order valence-electron chi connectivity index (χ1n) is 8.97. The number of ether oxygens (including phenoxy) is 2. The number of carbonyl (C=O) groups is 2. The monoisotopic (exact) mass is 372 g/mol. The van der Waals surface area contributed by atoms with Crippen LogP contribution in [0, 0.1) is 0 Å². The summed E-state index contributed by atoms with van der Waals surface area (Å²) in [7, 11) is 3.22. The molecule has 1 N–H and O–H groups in total. The average Bonchev–Trinajstić information content (AvgIpc) is 3.39. The second kappa shape index (κ2) is 8.62. The zero-order valence-electron chi connectivity index (χ0n) is 15.6. The molecule has 1 aromatic carbocycles. The van der Waals surface area contributed by atoms with Gasteiger partial charge < -0.3 is 24.1 Å². The molecule has 0 spiro atoms. The molecule has 7 nitrogen and oxygen atoms in total. The zero-order valence-corrected chi connectivity index (χ0v) is 15.6. The first-order valence-corrected chi connectivity index (χ1v) is 8.97. The fraction of sp³-hybridized carbons (Fsp3) is 0.400. The second-order valence-electron chi connectivity index (χ2n) is 6.34. The highest BCUT2D eigenvalue weighted by Crippen LogP contribution is 2.38. The van der Waals surface area contributed by atoms with E-state index in [0.29, 0.717) is 18.0 Å². The van der Waals surface area contributed by atoms with Gasteiger partial charge in [0.1, 0.15) is 11.5 Å². The maximum Gasteiger partial charge on any atom is 0.286 e. The zero-order chi connectivity index (χ0) is 19.2. The van der Waals surface area contributed by atoms with Crippen LogP contribution in [0.25, 0.3) is 0 Å². The van der Waals surface area contributed by atoms with Crippen LogP contribution in [0.4, 0.5) is 0 Å². The van der Waals surface area contributed by atoms with Crippen molar-refractivity contribution in [3.63, 3.8) is 0 Å². The number of carbonyl (C=O) groups excluding carboxylic acids is 2. The smallest absolute Gasteiger partial charge is 0.286 e. The third kappa shape index (κ3) is 4.24. The summed E-state index contributed by atoms with van der Waals surface area (Å²) in [4.78, 5) is 26.5. The molecule has 144 valence electrons. The largest absolute Gasteiger partial charge is 0.497 e. The van der Waals surface area contributed by atoms with Crippen molar-refractivity contribution < 1.29 is 23.5 Å². The summed E-state index contributed by atoms with van der Waals surface area (Å²) in [5.74, 6) is 1.36. The van der Waals surface area contributed by atoms with Crippen LogP contribution in [0.15, 0.2) is 41.0 Å². The molecule has 2 aromatic rings. The van der Waals surface area contributed by atoms with Crippen molar-refractivity contribution in [3.05, 3.63) is 47.9 Å². The summed E-state index contributed by atoms with van der Waals surface area (Å²) in [6.07, 6.45) is 3.50. The molecule has 1 atom stereocenters. The number of hydrogen-bond donors (Lipinski definition) is 1. The summed E-state index contributed by atoms with van der Waals surface area (Å²) in [6, 6.07) is 8.87. The summed E-state index contributed by atoms with van der Waals surface area (Å²) < 4.78 is 15.8. The van der Waals surface area contributed by atoms with Gasteiger partial charge in [0.15, 0.2) is 5.76 Å². The third-order valence-corrected chi connectivity index (χ3v) is 4.74. The van der Waals surface area contributed by atoms with Crippen LogP contribution in [0.3, 0.4) is 0 Å². The van der Waals surface area contributed by atoms with Gasteiger partial charge in [0.2, 0.25) is 5.91 Å². The van der Waals surface area contributed by atoms with Gasteiger partial charge in [0.05, 0.1) is 26.5 Å². The third-order valence-electron chi connectivity index (χ3n) is 4.74. The molecular formula is C20H24N2O5. The Balaban J connectivity index is 1.62. The Morgan fingerprint density at radius 2 is 2.11 bits per heavy atom. The summed E-state index contributed by atoms with van der Waals surface area (Å²) in [6.45, 7) is 0.964. The Morgan fingerprint density at radius 3 is 2.81 bits per heavy atom. The Hall–Kier alpha value is -2.96. The lowest BCUT2D eigenvalue weighted by Crippen LogP contribution is -2.34. The minimum Gasteiger partial charge on any atom is -0.497 e. The number of hydrogen-bond acceptors (Lipinski definition) is 5. The average molecular weight is 372 g/mol. The van der Waals surface area contributed by atoms with Gasteiger partial charge in [0.25, 0.3) is 5.91 Å².